The predicted molar refractivity (Wildman–Crippen MR) is 112 cm³/mol. The number of fused-ring (bicyclic) bond motifs is 1. The summed E-state index contributed by atoms with van der Waals surface area (Å²) in [4.78, 5) is 21.5. The second-order valence-corrected chi connectivity index (χ2v) is 8.26. The van der Waals surface area contributed by atoms with E-state index in [-0.39, 0.29) is 11.6 Å². The van der Waals surface area contributed by atoms with E-state index in [4.69, 9.17) is 25.5 Å². The highest BCUT2D eigenvalue weighted by atomic mass is 35.5. The molecule has 1 fully saturated rings. The van der Waals surface area contributed by atoms with Crippen LogP contribution in [0.3, 0.4) is 0 Å². The number of benzene rings is 1. The molecule has 0 aliphatic carbocycles. The van der Waals surface area contributed by atoms with Crippen molar-refractivity contribution >= 4 is 44.2 Å². The molecule has 7 nitrogen and oxygen atoms in total. The van der Waals surface area contributed by atoms with E-state index in [0.29, 0.717) is 37.7 Å². The highest BCUT2D eigenvalue weighted by Crippen LogP contribution is 2.34. The Balaban J connectivity index is 1.28. The van der Waals surface area contributed by atoms with Crippen molar-refractivity contribution in [3.8, 4) is 11.5 Å². The summed E-state index contributed by atoms with van der Waals surface area (Å²) < 4.78 is 11.6. The largest absolute Gasteiger partial charge is 0.461 e. The van der Waals surface area contributed by atoms with Gasteiger partial charge in [0.15, 0.2) is 16.6 Å². The maximum absolute atomic E-state index is 12.8. The van der Waals surface area contributed by atoms with Gasteiger partial charge in [-0.15, -0.1) is 0 Å². The molecule has 0 atom stereocenters. The Morgan fingerprint density at radius 2 is 2.00 bits per heavy atom. The van der Waals surface area contributed by atoms with E-state index >= 15 is 0 Å². The number of piperazine rings is 1. The zero-order valence-corrected chi connectivity index (χ0v) is 17.2. The fourth-order valence-corrected chi connectivity index (χ4v) is 4.63. The molecule has 1 aliphatic rings. The van der Waals surface area contributed by atoms with Crippen molar-refractivity contribution in [3.63, 3.8) is 0 Å². The van der Waals surface area contributed by atoms with Gasteiger partial charge in [0.05, 0.1) is 16.5 Å². The Hall–Kier alpha value is -2.84. The highest BCUT2D eigenvalue weighted by molar-refractivity contribution is 7.22. The van der Waals surface area contributed by atoms with Crippen molar-refractivity contribution in [2.45, 2.75) is 6.92 Å². The molecule has 1 saturated heterocycles. The smallest absolute Gasteiger partial charge is 0.276 e. The number of anilines is 1. The van der Waals surface area contributed by atoms with Gasteiger partial charge in [0, 0.05) is 37.3 Å². The summed E-state index contributed by atoms with van der Waals surface area (Å²) >= 11 is 7.87. The summed E-state index contributed by atoms with van der Waals surface area (Å²) in [6.45, 7) is 4.59. The first-order chi connectivity index (χ1) is 14.1. The Kier molecular flexibility index (Phi) is 4.52. The first-order valence-electron chi connectivity index (χ1n) is 9.20. The molecule has 0 spiro atoms. The molecule has 1 aromatic carbocycles. The topological polar surface area (TPSA) is 75.6 Å². The average Bonchev–Trinajstić information content (AvgIpc) is 3.50. The maximum Gasteiger partial charge on any atom is 0.276 e. The van der Waals surface area contributed by atoms with E-state index < -0.39 is 0 Å². The molecule has 4 heterocycles. The van der Waals surface area contributed by atoms with Crippen molar-refractivity contribution in [2.75, 3.05) is 31.1 Å². The minimum Gasteiger partial charge on any atom is -0.461 e. The van der Waals surface area contributed by atoms with E-state index in [2.05, 4.69) is 10.1 Å². The molecule has 0 unspecified atom stereocenters. The van der Waals surface area contributed by atoms with E-state index in [0.717, 1.165) is 25.9 Å². The van der Waals surface area contributed by atoms with Gasteiger partial charge in [0.1, 0.15) is 0 Å². The predicted octanol–water partition coefficient (Wildman–Crippen LogP) is 4.47. The number of aryl methyl sites for hydroxylation is 1. The molecule has 29 heavy (non-hydrogen) atoms. The van der Waals surface area contributed by atoms with Gasteiger partial charge in [-0.25, -0.2) is 4.98 Å². The number of furan rings is 1. The molecule has 5 rings (SSSR count). The molecule has 3 aromatic heterocycles. The van der Waals surface area contributed by atoms with Crippen LogP contribution in [-0.2, 0) is 0 Å². The number of hydrogen-bond acceptors (Lipinski definition) is 7. The number of amides is 1. The summed E-state index contributed by atoms with van der Waals surface area (Å²) in [5, 5.41) is 5.59. The lowest BCUT2D eigenvalue weighted by Gasteiger charge is -2.34. The lowest BCUT2D eigenvalue weighted by molar-refractivity contribution is 0.0736. The second-order valence-electron chi connectivity index (χ2n) is 6.85. The van der Waals surface area contributed by atoms with Crippen LogP contribution in [0.15, 0.2) is 45.5 Å². The van der Waals surface area contributed by atoms with Crippen LogP contribution in [0.2, 0.25) is 5.02 Å². The van der Waals surface area contributed by atoms with Gasteiger partial charge in [-0.1, -0.05) is 28.1 Å². The molecule has 1 aliphatic heterocycles. The van der Waals surface area contributed by atoms with E-state index in [9.17, 15) is 4.79 Å². The normalized spacial score (nSPS) is 14.7. The first kappa shape index (κ1) is 18.2. The van der Waals surface area contributed by atoms with Crippen LogP contribution in [0.5, 0.6) is 0 Å². The summed E-state index contributed by atoms with van der Waals surface area (Å²) in [5.74, 6) is 0.853. The third-order valence-corrected chi connectivity index (χ3v) is 6.56. The Morgan fingerprint density at radius 1 is 1.17 bits per heavy atom. The van der Waals surface area contributed by atoms with Crippen molar-refractivity contribution in [1.82, 2.24) is 15.0 Å². The van der Waals surface area contributed by atoms with Crippen LogP contribution in [0.25, 0.3) is 21.7 Å². The van der Waals surface area contributed by atoms with Crippen molar-refractivity contribution < 1.29 is 13.7 Å². The van der Waals surface area contributed by atoms with Gasteiger partial charge in [-0.05, 0) is 36.8 Å². The molecule has 4 aromatic rings. The highest BCUT2D eigenvalue weighted by Gasteiger charge is 2.26. The van der Waals surface area contributed by atoms with Gasteiger partial charge >= 0.3 is 0 Å². The van der Waals surface area contributed by atoms with Gasteiger partial charge in [-0.3, -0.25) is 4.79 Å². The number of hydrogen-bond donors (Lipinski definition) is 0. The van der Waals surface area contributed by atoms with Crippen LogP contribution in [0, 0.1) is 6.92 Å². The minimum atomic E-state index is -0.141. The number of rotatable bonds is 3. The quantitative estimate of drug-likeness (QED) is 0.479. The van der Waals surface area contributed by atoms with E-state index in [1.54, 1.807) is 40.7 Å². The zero-order chi connectivity index (χ0) is 20.0. The fourth-order valence-electron chi connectivity index (χ4n) is 3.40. The molecule has 9 heteroatoms. The SMILES string of the molecule is Cc1c(Cl)ccc2sc(N3CCN(C(=O)c4cc(-c5ccco5)on4)CC3)nc12. The Bertz CT molecular complexity index is 1180. The van der Waals surface area contributed by atoms with Crippen LogP contribution in [-0.4, -0.2) is 47.1 Å². The lowest BCUT2D eigenvalue weighted by atomic mass is 10.2. The summed E-state index contributed by atoms with van der Waals surface area (Å²) in [5.41, 5.74) is 2.23. The Labute approximate surface area is 175 Å². The molecule has 0 saturated carbocycles. The van der Waals surface area contributed by atoms with Crippen LogP contribution < -0.4 is 4.90 Å². The van der Waals surface area contributed by atoms with Crippen molar-refractivity contribution in [3.05, 3.63) is 52.9 Å². The summed E-state index contributed by atoms with van der Waals surface area (Å²) in [6.07, 6.45) is 1.55. The Morgan fingerprint density at radius 3 is 2.76 bits per heavy atom. The van der Waals surface area contributed by atoms with Crippen LogP contribution >= 0.6 is 22.9 Å². The number of thiazole rings is 1. The standard InChI is InChI=1S/C20H17ClN4O3S/c1-12-13(21)4-5-17-18(12)22-20(29-17)25-8-6-24(7-9-25)19(26)14-11-16(28-23-14)15-3-2-10-27-15/h2-5,10-11H,6-9H2,1H3. The molecular formula is C20H17ClN4O3S. The molecule has 0 N–H and O–H groups in total. The number of halogens is 1. The summed E-state index contributed by atoms with van der Waals surface area (Å²) in [7, 11) is 0. The van der Waals surface area contributed by atoms with Crippen LogP contribution in [0.4, 0.5) is 5.13 Å². The fraction of sp³-hybridized carbons (Fsp3) is 0.250. The zero-order valence-electron chi connectivity index (χ0n) is 15.6. The third-order valence-electron chi connectivity index (χ3n) is 5.07. The monoisotopic (exact) mass is 428 g/mol. The van der Waals surface area contributed by atoms with Crippen molar-refractivity contribution in [1.29, 1.82) is 0 Å². The van der Waals surface area contributed by atoms with Gasteiger partial charge in [0.25, 0.3) is 5.91 Å². The number of carbonyl (C=O) groups excluding carboxylic acids is 1. The summed E-state index contributed by atoms with van der Waals surface area (Å²) in [6, 6.07) is 9.06. The molecular weight excluding hydrogens is 412 g/mol. The number of aromatic nitrogens is 2. The van der Waals surface area contributed by atoms with Crippen LogP contribution in [0.1, 0.15) is 16.1 Å². The van der Waals surface area contributed by atoms with Crippen molar-refractivity contribution in [2.24, 2.45) is 0 Å². The first-order valence-corrected chi connectivity index (χ1v) is 10.4. The molecule has 0 bridgehead atoms. The average molecular weight is 429 g/mol. The maximum atomic E-state index is 12.8. The number of carbonyl (C=O) groups is 1. The van der Waals surface area contributed by atoms with Gasteiger partial charge in [-0.2, -0.15) is 0 Å². The van der Waals surface area contributed by atoms with Gasteiger partial charge in [0.2, 0.25) is 5.76 Å². The van der Waals surface area contributed by atoms with E-state index in [1.165, 1.54) is 0 Å². The molecule has 148 valence electrons. The molecule has 0 radical (unpaired) electrons. The second kappa shape index (κ2) is 7.20. The lowest BCUT2D eigenvalue weighted by Crippen LogP contribution is -2.48. The van der Waals surface area contributed by atoms with Gasteiger partial charge < -0.3 is 18.7 Å². The molecule has 1 amide bonds. The number of nitrogens with zero attached hydrogens (tertiary/aromatic N) is 4. The van der Waals surface area contributed by atoms with E-state index in [1.807, 2.05) is 19.1 Å². The third kappa shape index (κ3) is 3.28. The minimum absolute atomic E-state index is 0.141.